The van der Waals surface area contributed by atoms with Gasteiger partial charge in [0.15, 0.2) is 17.3 Å². The van der Waals surface area contributed by atoms with Gasteiger partial charge in [0.2, 0.25) is 0 Å². The number of H-pyrrole nitrogens is 2. The van der Waals surface area contributed by atoms with Crippen LogP contribution in [0.3, 0.4) is 0 Å². The van der Waals surface area contributed by atoms with E-state index in [1.54, 1.807) is 24.5 Å². The van der Waals surface area contributed by atoms with Crippen molar-refractivity contribution in [2.24, 2.45) is 5.16 Å². The Morgan fingerprint density at radius 3 is 2.85 bits per heavy atom. The lowest BCUT2D eigenvalue weighted by Crippen LogP contribution is -2.14. The first-order valence-corrected chi connectivity index (χ1v) is 7.82. The van der Waals surface area contributed by atoms with Gasteiger partial charge in [0.1, 0.15) is 11.5 Å². The summed E-state index contributed by atoms with van der Waals surface area (Å²) in [5, 5.41) is 22.3. The maximum atomic E-state index is 13.3. The molecule has 0 atom stereocenters. The van der Waals surface area contributed by atoms with Crippen LogP contribution in [0.4, 0.5) is 10.1 Å². The molecule has 0 fully saturated rings. The Balaban J connectivity index is 1.75. The first-order chi connectivity index (χ1) is 12.7. The summed E-state index contributed by atoms with van der Waals surface area (Å²) < 4.78 is 13.3. The molecule has 130 valence electrons. The van der Waals surface area contributed by atoms with Crippen molar-refractivity contribution in [3.05, 3.63) is 59.1 Å². The van der Waals surface area contributed by atoms with Gasteiger partial charge < -0.3 is 15.5 Å². The van der Waals surface area contributed by atoms with Crippen molar-refractivity contribution in [1.29, 1.82) is 0 Å². The quantitative estimate of drug-likeness (QED) is 0.191. The van der Waals surface area contributed by atoms with Crippen LogP contribution in [-0.2, 0) is 0 Å². The molecule has 8 nitrogen and oxygen atoms in total. The molecule has 0 spiro atoms. The van der Waals surface area contributed by atoms with E-state index in [0.29, 0.717) is 33.9 Å². The molecule has 0 radical (unpaired) electrons. The van der Waals surface area contributed by atoms with Crippen molar-refractivity contribution < 1.29 is 9.60 Å². The average Bonchev–Trinajstić information content (AvgIpc) is 3.31. The molecule has 0 aliphatic heterocycles. The summed E-state index contributed by atoms with van der Waals surface area (Å²) in [6.45, 7) is 0. The number of anilines is 1. The number of hydrogen-bond donors (Lipinski definition) is 4. The highest BCUT2D eigenvalue weighted by Crippen LogP contribution is 2.23. The molecule has 0 unspecified atom stereocenters. The van der Waals surface area contributed by atoms with E-state index in [-0.39, 0.29) is 10.9 Å². The lowest BCUT2D eigenvalue weighted by Gasteiger charge is -2.09. The number of hydrogen-bond acceptors (Lipinski definition) is 5. The highest BCUT2D eigenvalue weighted by molar-refractivity contribution is 6.31. The minimum absolute atomic E-state index is 0.0461. The Hall–Kier alpha value is -3.46. The number of aromatic nitrogens is 5. The molecular weight excluding hydrogens is 361 g/mol. The maximum absolute atomic E-state index is 13.3. The third-order valence-electron chi connectivity index (χ3n) is 3.69. The number of benzene rings is 1. The van der Waals surface area contributed by atoms with E-state index in [2.05, 4.69) is 35.6 Å². The molecule has 0 bridgehead atoms. The van der Waals surface area contributed by atoms with Gasteiger partial charge in [-0.1, -0.05) is 16.8 Å². The van der Waals surface area contributed by atoms with E-state index >= 15 is 0 Å². The van der Waals surface area contributed by atoms with Gasteiger partial charge in [-0.25, -0.2) is 14.4 Å². The minimum Gasteiger partial charge on any atom is -0.409 e. The van der Waals surface area contributed by atoms with Crippen molar-refractivity contribution in [3.8, 4) is 11.5 Å². The van der Waals surface area contributed by atoms with Crippen LogP contribution < -0.4 is 5.32 Å². The monoisotopic (exact) mass is 371 g/mol. The molecule has 0 aliphatic rings. The van der Waals surface area contributed by atoms with Crippen molar-refractivity contribution >= 4 is 34.3 Å². The summed E-state index contributed by atoms with van der Waals surface area (Å²) in [7, 11) is 0. The zero-order valence-corrected chi connectivity index (χ0v) is 13.8. The maximum Gasteiger partial charge on any atom is 0.179 e. The van der Waals surface area contributed by atoms with Gasteiger partial charge in [-0.3, -0.25) is 5.10 Å². The fraction of sp³-hybridized carbons (Fsp3) is 0. The Morgan fingerprint density at radius 2 is 2.12 bits per heavy atom. The van der Waals surface area contributed by atoms with Crippen LogP contribution in [0.15, 0.2) is 47.9 Å². The van der Waals surface area contributed by atoms with Crippen LogP contribution in [-0.4, -0.2) is 36.2 Å². The number of fused-ring (bicyclic) bond motifs is 1. The fourth-order valence-electron chi connectivity index (χ4n) is 2.48. The number of imidazole rings is 1. The summed E-state index contributed by atoms with van der Waals surface area (Å²) >= 11 is 5.79. The van der Waals surface area contributed by atoms with E-state index in [4.69, 9.17) is 11.6 Å². The number of oxime groups is 1. The summed E-state index contributed by atoms with van der Waals surface area (Å²) in [6, 6.07) is 7.51. The lowest BCUT2D eigenvalue weighted by atomic mass is 10.2. The van der Waals surface area contributed by atoms with Crippen LogP contribution >= 0.6 is 11.6 Å². The molecule has 0 saturated carbocycles. The molecule has 0 aliphatic carbocycles. The zero-order chi connectivity index (χ0) is 18.1. The van der Waals surface area contributed by atoms with E-state index in [0.717, 1.165) is 0 Å². The van der Waals surface area contributed by atoms with Crippen molar-refractivity contribution in [1.82, 2.24) is 25.1 Å². The molecule has 0 amide bonds. The first-order valence-electron chi connectivity index (χ1n) is 7.44. The molecule has 4 N–H and O–H groups in total. The molecule has 26 heavy (non-hydrogen) atoms. The van der Waals surface area contributed by atoms with E-state index < -0.39 is 5.82 Å². The van der Waals surface area contributed by atoms with E-state index in [9.17, 15) is 9.60 Å². The van der Waals surface area contributed by atoms with Crippen molar-refractivity contribution in [2.75, 3.05) is 5.32 Å². The van der Waals surface area contributed by atoms with E-state index in [1.807, 2.05) is 0 Å². The lowest BCUT2D eigenvalue weighted by molar-refractivity contribution is 0.319. The summed E-state index contributed by atoms with van der Waals surface area (Å²) in [6.07, 6.45) is 3.15. The van der Waals surface area contributed by atoms with Crippen LogP contribution in [0.5, 0.6) is 0 Å². The summed E-state index contributed by atoms with van der Waals surface area (Å²) in [5.41, 5.74) is 2.67. The van der Waals surface area contributed by atoms with Gasteiger partial charge in [-0.2, -0.15) is 5.10 Å². The molecule has 0 saturated heterocycles. The molecule has 10 heteroatoms. The van der Waals surface area contributed by atoms with Gasteiger partial charge in [-0.05, 0) is 30.3 Å². The third kappa shape index (κ3) is 2.84. The first kappa shape index (κ1) is 16.0. The smallest absolute Gasteiger partial charge is 0.179 e. The molecule has 3 heterocycles. The Morgan fingerprint density at radius 1 is 1.23 bits per heavy atom. The third-order valence-corrected chi connectivity index (χ3v) is 3.98. The van der Waals surface area contributed by atoms with Crippen LogP contribution in [0.25, 0.3) is 22.7 Å². The molecule has 4 rings (SSSR count). The number of nitrogens with one attached hydrogen (secondary N) is 3. The standard InChI is InChI=1S/C16H11ClFN7O/c17-10-7-8(1-2-11(10)18)21-14(25-26)9-3-5-19-16-13(9)22-15(23-16)12-4-6-20-24-12/h1-7,26H,(H,20,24)(H,21,25)(H,19,22,23). The SMILES string of the molecule is O/N=C(/Nc1ccc(F)c(Cl)c1)c1ccnc2nc(-c3ccn[nH]3)[nH]c12. The Kier molecular flexibility index (Phi) is 3.98. The summed E-state index contributed by atoms with van der Waals surface area (Å²) in [4.78, 5) is 11.7. The Labute approximate surface area is 150 Å². The summed E-state index contributed by atoms with van der Waals surface area (Å²) in [5.74, 6) is 0.128. The predicted molar refractivity (Wildman–Crippen MR) is 94.8 cm³/mol. The molecule has 3 aromatic heterocycles. The number of pyridine rings is 1. The molecule has 4 aromatic rings. The Bertz CT molecular complexity index is 1110. The molecule has 1 aromatic carbocycles. The number of nitrogens with zero attached hydrogens (tertiary/aromatic N) is 4. The van der Waals surface area contributed by atoms with Gasteiger partial charge in [0.05, 0.1) is 10.5 Å². The van der Waals surface area contributed by atoms with Crippen molar-refractivity contribution in [2.45, 2.75) is 0 Å². The second-order valence-corrected chi connectivity index (χ2v) is 5.72. The number of amidine groups is 1. The van der Waals surface area contributed by atoms with Crippen LogP contribution in [0, 0.1) is 5.82 Å². The van der Waals surface area contributed by atoms with Gasteiger partial charge in [-0.15, -0.1) is 0 Å². The number of halogens is 2. The van der Waals surface area contributed by atoms with Crippen LogP contribution in [0.1, 0.15) is 5.56 Å². The van der Waals surface area contributed by atoms with Gasteiger partial charge in [0, 0.05) is 23.6 Å². The topological polar surface area (TPSA) is 115 Å². The van der Waals surface area contributed by atoms with Gasteiger partial charge in [0.25, 0.3) is 0 Å². The highest BCUT2D eigenvalue weighted by atomic mass is 35.5. The van der Waals surface area contributed by atoms with E-state index in [1.165, 1.54) is 18.2 Å². The normalized spacial score (nSPS) is 11.8. The average molecular weight is 372 g/mol. The second kappa shape index (κ2) is 6.45. The minimum atomic E-state index is -0.538. The number of rotatable bonds is 3. The fourth-order valence-corrected chi connectivity index (χ4v) is 2.66. The molecular formula is C16H11ClFN7O. The largest absolute Gasteiger partial charge is 0.409 e. The second-order valence-electron chi connectivity index (χ2n) is 5.32. The van der Waals surface area contributed by atoms with Crippen LogP contribution in [0.2, 0.25) is 5.02 Å². The zero-order valence-electron chi connectivity index (χ0n) is 13.0. The van der Waals surface area contributed by atoms with Gasteiger partial charge >= 0.3 is 0 Å². The highest BCUT2D eigenvalue weighted by Gasteiger charge is 2.15. The van der Waals surface area contributed by atoms with Crippen molar-refractivity contribution in [3.63, 3.8) is 0 Å². The predicted octanol–water partition coefficient (Wildman–Crippen LogP) is 3.39. The number of aromatic amines is 2.